The Kier molecular flexibility index (Phi) is 3.61. The van der Waals surface area contributed by atoms with Gasteiger partial charge in [0.15, 0.2) is 0 Å². The van der Waals surface area contributed by atoms with Crippen molar-refractivity contribution in [2.24, 2.45) is 0 Å². The highest BCUT2D eigenvalue weighted by molar-refractivity contribution is 6.09. The van der Waals surface area contributed by atoms with Crippen LogP contribution in [0.25, 0.3) is 10.8 Å². The molecule has 1 heterocycles. The molecule has 98 valence electrons. The monoisotopic (exact) mass is 259 g/mol. The van der Waals surface area contributed by atoms with Crippen LogP contribution in [0, 0.1) is 0 Å². The Morgan fingerprint density at radius 1 is 1.32 bits per heavy atom. The summed E-state index contributed by atoms with van der Waals surface area (Å²) in [6, 6.07) is 7.09. The van der Waals surface area contributed by atoms with Crippen LogP contribution in [0.2, 0.25) is 0 Å². The van der Waals surface area contributed by atoms with Crippen LogP contribution in [0.1, 0.15) is 16.9 Å². The summed E-state index contributed by atoms with van der Waals surface area (Å²) >= 11 is 0. The molecule has 19 heavy (non-hydrogen) atoms. The first-order chi connectivity index (χ1) is 9.09. The maximum absolute atomic E-state index is 12.0. The molecule has 0 saturated carbocycles. The van der Waals surface area contributed by atoms with Gasteiger partial charge in [-0.3, -0.25) is 14.6 Å². The first kappa shape index (κ1) is 12.8. The number of aliphatic carboxylic acids is 1. The number of nitrogen functional groups attached to an aromatic ring is 1. The lowest BCUT2D eigenvalue weighted by molar-refractivity contribution is -0.136. The number of nitrogens with one attached hydrogen (secondary N) is 1. The van der Waals surface area contributed by atoms with Crippen molar-refractivity contribution in [3.63, 3.8) is 0 Å². The summed E-state index contributed by atoms with van der Waals surface area (Å²) in [7, 11) is 0. The summed E-state index contributed by atoms with van der Waals surface area (Å²) in [6.45, 7) is 0.0545. The number of hydrogen-bond donors (Lipinski definition) is 3. The number of nitrogens with two attached hydrogens (primary N) is 1. The average molecular weight is 259 g/mol. The third kappa shape index (κ3) is 2.79. The Hall–Kier alpha value is -2.63. The molecule has 1 amide bonds. The molecule has 0 radical (unpaired) electrons. The molecule has 0 aliphatic carbocycles. The van der Waals surface area contributed by atoms with Gasteiger partial charge in [0.2, 0.25) is 0 Å². The van der Waals surface area contributed by atoms with Crippen molar-refractivity contribution < 1.29 is 14.7 Å². The zero-order chi connectivity index (χ0) is 13.8. The summed E-state index contributed by atoms with van der Waals surface area (Å²) in [5, 5.41) is 12.4. The fourth-order valence-corrected chi connectivity index (χ4v) is 1.80. The molecule has 2 rings (SSSR count). The first-order valence-corrected chi connectivity index (χ1v) is 5.73. The summed E-state index contributed by atoms with van der Waals surface area (Å²) in [6.07, 6.45) is 1.39. The van der Waals surface area contributed by atoms with E-state index in [1.54, 1.807) is 18.2 Å². The van der Waals surface area contributed by atoms with Crippen LogP contribution < -0.4 is 11.1 Å². The van der Waals surface area contributed by atoms with E-state index in [4.69, 9.17) is 10.8 Å². The maximum Gasteiger partial charge on any atom is 0.305 e. The van der Waals surface area contributed by atoms with Gasteiger partial charge in [-0.15, -0.1) is 0 Å². The Balaban J connectivity index is 2.29. The van der Waals surface area contributed by atoms with E-state index >= 15 is 0 Å². The van der Waals surface area contributed by atoms with E-state index in [0.717, 1.165) is 5.39 Å². The molecule has 0 fully saturated rings. The molecule has 0 bridgehead atoms. The molecule has 0 spiro atoms. The van der Waals surface area contributed by atoms with Gasteiger partial charge in [-0.25, -0.2) is 0 Å². The van der Waals surface area contributed by atoms with Crippen LogP contribution in [0.5, 0.6) is 0 Å². The van der Waals surface area contributed by atoms with Crippen LogP contribution in [0.3, 0.4) is 0 Å². The van der Waals surface area contributed by atoms with Gasteiger partial charge in [-0.1, -0.05) is 12.1 Å². The smallest absolute Gasteiger partial charge is 0.305 e. The quantitative estimate of drug-likeness (QED) is 0.711. The Labute approximate surface area is 109 Å². The van der Waals surface area contributed by atoms with Crippen LogP contribution in [-0.2, 0) is 4.79 Å². The lowest BCUT2D eigenvalue weighted by atomic mass is 10.1. The predicted octanol–water partition coefficient (Wildman–Crippen LogP) is 1.02. The Bertz CT molecular complexity index is 635. The van der Waals surface area contributed by atoms with Gasteiger partial charge in [-0.05, 0) is 17.5 Å². The summed E-state index contributed by atoms with van der Waals surface area (Å²) in [5.74, 6) is -1.39. The number of hydrogen-bond acceptors (Lipinski definition) is 4. The minimum atomic E-state index is -0.967. The molecule has 0 atom stereocenters. The van der Waals surface area contributed by atoms with Crippen LogP contribution in [0.4, 0.5) is 5.69 Å². The number of carbonyl (C=O) groups excluding carboxylic acids is 1. The van der Waals surface area contributed by atoms with Crippen molar-refractivity contribution in [1.29, 1.82) is 0 Å². The van der Waals surface area contributed by atoms with Gasteiger partial charge in [0.1, 0.15) is 5.69 Å². The standard InChI is InChI=1S/C13H13N3O3/c14-9-3-1-2-8-4-6-15-12(11(8)9)13(19)16-7-5-10(17)18/h1-4,6H,5,7,14H2,(H,16,19)(H,17,18). The van der Waals surface area contributed by atoms with E-state index in [2.05, 4.69) is 10.3 Å². The van der Waals surface area contributed by atoms with E-state index in [1.165, 1.54) is 6.20 Å². The highest BCUT2D eigenvalue weighted by Crippen LogP contribution is 2.23. The molecule has 0 unspecified atom stereocenters. The van der Waals surface area contributed by atoms with E-state index in [1.807, 2.05) is 6.07 Å². The lowest BCUT2D eigenvalue weighted by Crippen LogP contribution is -2.27. The molecule has 1 aromatic carbocycles. The summed E-state index contributed by atoms with van der Waals surface area (Å²) in [4.78, 5) is 26.4. The van der Waals surface area contributed by atoms with Crippen molar-refractivity contribution in [2.75, 3.05) is 12.3 Å². The highest BCUT2D eigenvalue weighted by atomic mass is 16.4. The largest absolute Gasteiger partial charge is 0.481 e. The third-order valence-electron chi connectivity index (χ3n) is 2.66. The van der Waals surface area contributed by atoms with E-state index in [-0.39, 0.29) is 18.7 Å². The van der Waals surface area contributed by atoms with Gasteiger partial charge in [0, 0.05) is 23.8 Å². The number of carbonyl (C=O) groups is 2. The van der Waals surface area contributed by atoms with Crippen molar-refractivity contribution in [1.82, 2.24) is 10.3 Å². The Morgan fingerprint density at radius 2 is 2.11 bits per heavy atom. The zero-order valence-electron chi connectivity index (χ0n) is 10.1. The first-order valence-electron chi connectivity index (χ1n) is 5.73. The SMILES string of the molecule is Nc1cccc2ccnc(C(=O)NCCC(=O)O)c12. The summed E-state index contributed by atoms with van der Waals surface area (Å²) < 4.78 is 0. The topological polar surface area (TPSA) is 105 Å². The zero-order valence-corrected chi connectivity index (χ0v) is 10.1. The second-order valence-corrected chi connectivity index (χ2v) is 4.00. The van der Waals surface area contributed by atoms with Gasteiger partial charge in [0.05, 0.1) is 6.42 Å². The lowest BCUT2D eigenvalue weighted by Gasteiger charge is -2.08. The molecule has 2 aromatic rings. The minimum absolute atomic E-state index is 0.0545. The molecule has 0 aliphatic rings. The van der Waals surface area contributed by atoms with Gasteiger partial charge in [0.25, 0.3) is 5.91 Å². The number of pyridine rings is 1. The number of carboxylic acid groups (broad SMARTS) is 1. The molecule has 6 nitrogen and oxygen atoms in total. The fourth-order valence-electron chi connectivity index (χ4n) is 1.80. The van der Waals surface area contributed by atoms with Crippen LogP contribution in [-0.4, -0.2) is 28.5 Å². The van der Waals surface area contributed by atoms with Crippen molar-refractivity contribution >= 4 is 28.3 Å². The minimum Gasteiger partial charge on any atom is -0.481 e. The predicted molar refractivity (Wildman–Crippen MR) is 70.7 cm³/mol. The molecule has 0 saturated heterocycles. The summed E-state index contributed by atoms with van der Waals surface area (Å²) in [5.41, 5.74) is 6.53. The second-order valence-electron chi connectivity index (χ2n) is 4.00. The fraction of sp³-hybridized carbons (Fsp3) is 0.154. The molecule has 0 aliphatic heterocycles. The molecule has 4 N–H and O–H groups in total. The average Bonchev–Trinajstić information content (AvgIpc) is 2.38. The number of rotatable bonds is 4. The molecular weight excluding hydrogens is 246 g/mol. The molecule has 1 aromatic heterocycles. The normalized spacial score (nSPS) is 10.3. The van der Waals surface area contributed by atoms with Crippen LogP contribution >= 0.6 is 0 Å². The van der Waals surface area contributed by atoms with E-state index in [0.29, 0.717) is 11.1 Å². The van der Waals surface area contributed by atoms with Gasteiger partial charge in [-0.2, -0.15) is 0 Å². The third-order valence-corrected chi connectivity index (χ3v) is 2.66. The number of amides is 1. The maximum atomic E-state index is 12.0. The molecule has 6 heteroatoms. The van der Waals surface area contributed by atoms with Crippen molar-refractivity contribution in [3.8, 4) is 0 Å². The van der Waals surface area contributed by atoms with Crippen molar-refractivity contribution in [2.45, 2.75) is 6.42 Å². The van der Waals surface area contributed by atoms with Gasteiger partial charge >= 0.3 is 5.97 Å². The highest BCUT2D eigenvalue weighted by Gasteiger charge is 2.13. The van der Waals surface area contributed by atoms with Crippen LogP contribution in [0.15, 0.2) is 30.5 Å². The van der Waals surface area contributed by atoms with Crippen molar-refractivity contribution in [3.05, 3.63) is 36.2 Å². The second kappa shape index (κ2) is 5.34. The van der Waals surface area contributed by atoms with E-state index < -0.39 is 11.9 Å². The number of fused-ring (bicyclic) bond motifs is 1. The number of carboxylic acids is 1. The number of aromatic nitrogens is 1. The van der Waals surface area contributed by atoms with E-state index in [9.17, 15) is 9.59 Å². The molecular formula is C13H13N3O3. The Morgan fingerprint density at radius 3 is 2.84 bits per heavy atom. The number of benzene rings is 1. The number of nitrogens with zero attached hydrogens (tertiary/aromatic N) is 1. The number of anilines is 1. The van der Waals surface area contributed by atoms with Gasteiger partial charge < -0.3 is 16.2 Å².